The monoisotopic (exact) mass is 1090 g/mol. The van der Waals surface area contributed by atoms with E-state index in [4.69, 9.17) is 0 Å². The first-order valence-corrected chi connectivity index (χ1v) is 22.4. The van der Waals surface area contributed by atoms with E-state index in [0.717, 1.165) is 49.4 Å². The van der Waals surface area contributed by atoms with Gasteiger partial charge < -0.3 is 0 Å². The van der Waals surface area contributed by atoms with Crippen molar-refractivity contribution in [3.05, 3.63) is 168 Å². The summed E-state index contributed by atoms with van der Waals surface area (Å²) in [5, 5.41) is 0. The molecule has 0 N–H and O–H groups in total. The maximum Gasteiger partial charge on any atom is -0.0253 e. The van der Waals surface area contributed by atoms with Crippen molar-refractivity contribution in [2.24, 2.45) is 23.7 Å². The summed E-state index contributed by atoms with van der Waals surface area (Å²) in [5.74, 6) is 3.28. The molecule has 4 aromatic rings. The van der Waals surface area contributed by atoms with Crippen molar-refractivity contribution < 1.29 is 47.8 Å². The minimum absolute atomic E-state index is 0. The average Bonchev–Trinajstić information content (AvgIpc) is 4.00. The van der Waals surface area contributed by atoms with Crippen LogP contribution in [-0.4, -0.2) is 6.51 Å². The van der Waals surface area contributed by atoms with E-state index in [1.54, 1.807) is 6.51 Å². The minimum atomic E-state index is 0. The van der Waals surface area contributed by atoms with Gasteiger partial charge in [0.05, 0.1) is 0 Å². The molecule has 8 rings (SSSR count). The summed E-state index contributed by atoms with van der Waals surface area (Å²) in [6.07, 6.45) is 22.1. The van der Waals surface area contributed by atoms with Gasteiger partial charge in [-0.1, -0.05) is 70.8 Å². The number of hydrogen-bond donors (Lipinski definition) is 0. The van der Waals surface area contributed by atoms with E-state index in [1.165, 1.54) is 92.3 Å². The zero-order valence-corrected chi connectivity index (χ0v) is 42.3. The van der Waals surface area contributed by atoms with Gasteiger partial charge in [-0.05, 0) is 12.8 Å². The van der Waals surface area contributed by atoms with Crippen LogP contribution in [0.1, 0.15) is 90.5 Å². The van der Waals surface area contributed by atoms with Gasteiger partial charge in [-0.15, -0.1) is 48.8 Å². The Morgan fingerprint density at radius 1 is 0.481 bits per heavy atom. The molecule has 0 atom stereocenters. The van der Waals surface area contributed by atoms with Crippen molar-refractivity contribution in [2.75, 3.05) is 0 Å². The fourth-order valence-electron chi connectivity index (χ4n) is 6.01. The molecule has 4 heteroatoms. The molecule has 0 radical (unpaired) electrons. The van der Waals surface area contributed by atoms with Gasteiger partial charge in [0.25, 0.3) is 0 Å². The third kappa shape index (κ3) is 17.0. The molecule has 0 spiro atoms. The fourth-order valence-corrected chi connectivity index (χ4v) is 6.01. The third-order valence-corrected chi connectivity index (χ3v) is 17.2. The van der Waals surface area contributed by atoms with Gasteiger partial charge in [0.1, 0.15) is 0 Å². The molecule has 0 fully saturated rings. The molecule has 0 aliphatic heterocycles. The standard InChI is InChI=1S/2C13H9.2C7H14.2C5H5.2ClH.2Hf/c2*1-3-7-12-10(5-1)9-11-6-2-4-8-13(11)12;2*1-6(2)5-7(3)4;2*1-2-4-5-3-1;;;;/h2*1-5,7-8H,9H2;2*6-7H,1-4H3;2*1-3H,4H2;2*1H;;/q2*-1;;;2*-1;;;2*+2. The third-order valence-electron chi connectivity index (χ3n) is 8.89. The number of rotatable bonds is 4. The van der Waals surface area contributed by atoms with Crippen molar-refractivity contribution in [1.82, 2.24) is 0 Å². The Morgan fingerprint density at radius 2 is 0.815 bits per heavy atom. The summed E-state index contributed by atoms with van der Waals surface area (Å²) >= 11 is 2.55. The summed E-state index contributed by atoms with van der Waals surface area (Å²) in [5.41, 5.74) is 11.0. The van der Waals surface area contributed by atoms with Gasteiger partial charge >= 0.3 is 133 Å². The molecule has 54 heavy (non-hydrogen) atoms. The van der Waals surface area contributed by atoms with Crippen molar-refractivity contribution in [1.29, 1.82) is 0 Å². The molecular weight excluding hydrogens is 1030 g/mol. The van der Waals surface area contributed by atoms with Gasteiger partial charge in [-0.25, -0.2) is 24.3 Å². The van der Waals surface area contributed by atoms with Gasteiger partial charge in [-0.2, -0.15) is 71.8 Å². The van der Waals surface area contributed by atoms with Crippen LogP contribution in [0.3, 0.4) is 0 Å². The maximum atomic E-state index is 3.30. The Balaban J connectivity index is 0.000000335. The second kappa shape index (κ2) is 27.5. The summed E-state index contributed by atoms with van der Waals surface area (Å²) in [6, 6.07) is 36.2. The Labute approximate surface area is 370 Å². The van der Waals surface area contributed by atoms with Gasteiger partial charge in [0.2, 0.25) is 0 Å². The molecule has 4 aliphatic rings. The second-order valence-corrected chi connectivity index (χ2v) is 18.5. The van der Waals surface area contributed by atoms with E-state index in [-0.39, 0.29) is 24.8 Å². The summed E-state index contributed by atoms with van der Waals surface area (Å²) < 4.78 is 3.48. The van der Waals surface area contributed by atoms with Crippen molar-refractivity contribution in [3.63, 3.8) is 0 Å². The number of fused-ring (bicyclic) bond motifs is 6. The van der Waals surface area contributed by atoms with E-state index >= 15 is 0 Å². The Kier molecular flexibility index (Phi) is 25.4. The maximum absolute atomic E-state index is 3.30. The first kappa shape index (κ1) is 49.9. The molecule has 0 heterocycles. The molecule has 0 amide bonds. The zero-order chi connectivity index (χ0) is 37.9. The summed E-state index contributed by atoms with van der Waals surface area (Å²) in [6.45, 7) is 18.2. The Morgan fingerprint density at radius 3 is 1.07 bits per heavy atom. The van der Waals surface area contributed by atoms with E-state index in [9.17, 15) is 0 Å². The van der Waals surface area contributed by atoms with E-state index in [2.05, 4.69) is 165 Å². The van der Waals surface area contributed by atoms with Crippen LogP contribution in [0.4, 0.5) is 0 Å². The van der Waals surface area contributed by atoms with Crippen LogP contribution in [0.15, 0.2) is 121 Å². The largest absolute Gasteiger partial charge is 0.273 e. The molecule has 0 saturated heterocycles. The summed E-state index contributed by atoms with van der Waals surface area (Å²) in [7, 11) is 0. The van der Waals surface area contributed by atoms with Crippen LogP contribution < -0.4 is 0 Å². The molecule has 4 aliphatic carbocycles. The fraction of sp³-hybridized carbons (Fsp3) is 0.320. The molecular formula is C50H58Cl2Hf2. The summed E-state index contributed by atoms with van der Waals surface area (Å²) in [4.78, 5) is 0. The van der Waals surface area contributed by atoms with Crippen molar-refractivity contribution >= 4 is 31.3 Å². The van der Waals surface area contributed by atoms with Crippen LogP contribution >= 0.6 is 24.8 Å². The van der Waals surface area contributed by atoms with Crippen LogP contribution in [0.25, 0.3) is 22.3 Å². The predicted octanol–water partition coefficient (Wildman–Crippen LogP) is 13.6. The number of halogens is 2. The molecule has 0 unspecified atom stereocenters. The predicted molar refractivity (Wildman–Crippen MR) is 234 cm³/mol. The van der Waals surface area contributed by atoms with Gasteiger partial charge in [0.15, 0.2) is 0 Å². The van der Waals surface area contributed by atoms with Gasteiger partial charge in [-0.3, -0.25) is 12.2 Å². The Hall–Kier alpha value is -2.10. The SMILES string of the molecule is CC(C)[C](=[Hf+2])C(C)C.CC(C)[C](=[Hf+2])C(C)C.Cl.Cl.[C-]1=CC=CC1.[C-]1=CC=CC1.[c-]1cccc2c1Cc1ccccc1-2.[c-]1cccc2c1Cc1ccccc1-2. The number of benzene rings is 4. The first-order valence-electron chi connectivity index (χ1n) is 18.8. The number of allylic oxidation sites excluding steroid dienone is 8. The van der Waals surface area contributed by atoms with Crippen LogP contribution in [0.2, 0.25) is 0 Å². The normalized spacial score (nSPS) is 12.4. The second-order valence-electron chi connectivity index (χ2n) is 14.3. The average molecular weight is 1090 g/mol. The van der Waals surface area contributed by atoms with Crippen molar-refractivity contribution in [2.45, 2.75) is 81.1 Å². The van der Waals surface area contributed by atoms with Crippen molar-refractivity contribution in [3.8, 4) is 22.3 Å². The molecule has 280 valence electrons. The topological polar surface area (TPSA) is 0 Å². The molecule has 0 nitrogen and oxygen atoms in total. The van der Waals surface area contributed by atoms with Crippen LogP contribution in [0.5, 0.6) is 0 Å². The molecule has 0 aromatic heterocycles. The Bertz CT molecular complexity index is 1580. The quantitative estimate of drug-likeness (QED) is 0.122. The van der Waals surface area contributed by atoms with Crippen LogP contribution in [-0.2, 0) is 60.6 Å². The van der Waals surface area contributed by atoms with E-state index < -0.39 is 0 Å². The zero-order valence-electron chi connectivity index (χ0n) is 33.5. The van der Waals surface area contributed by atoms with E-state index in [1.807, 2.05) is 36.4 Å². The number of hydrogen-bond acceptors (Lipinski definition) is 0. The van der Waals surface area contributed by atoms with Gasteiger partial charge in [0, 0.05) is 0 Å². The molecule has 0 saturated carbocycles. The first-order chi connectivity index (χ1) is 25.0. The molecule has 0 bridgehead atoms. The minimum Gasteiger partial charge on any atom is -0.273 e. The van der Waals surface area contributed by atoms with E-state index in [0.29, 0.717) is 0 Å². The smallest absolute Gasteiger partial charge is 0.0253 e. The molecule has 4 aromatic carbocycles. The van der Waals surface area contributed by atoms with Crippen LogP contribution in [0, 0.1) is 48.0 Å².